The molecule has 0 saturated carbocycles. The number of pyridine rings is 1. The molecule has 2 N–H and O–H groups in total. The predicted molar refractivity (Wildman–Crippen MR) is 112 cm³/mol. The number of halogens is 2. The minimum absolute atomic E-state index is 0.0317. The van der Waals surface area contributed by atoms with Gasteiger partial charge in [0.1, 0.15) is 5.82 Å². The molecule has 0 aliphatic rings. The van der Waals surface area contributed by atoms with Crippen LogP contribution in [0.25, 0.3) is 0 Å². The van der Waals surface area contributed by atoms with Gasteiger partial charge in [0.15, 0.2) is 0 Å². The smallest absolute Gasteiger partial charge is 0.340 e. The molecule has 0 bridgehead atoms. The third-order valence-corrected chi connectivity index (χ3v) is 4.22. The van der Waals surface area contributed by atoms with Gasteiger partial charge in [-0.05, 0) is 38.2 Å². The first-order chi connectivity index (χ1) is 13.7. The van der Waals surface area contributed by atoms with Crippen LogP contribution in [0.1, 0.15) is 16.1 Å². The Morgan fingerprint density at radius 1 is 1.10 bits per heavy atom. The SMILES string of the molecule is COC(=O)c1cc(Cl)cc(Cl)c1NC(=O)CN(C)CC(=O)Nc1cccc(C)n1. The molecular formula is C19H20Cl2N4O4. The second-order valence-electron chi connectivity index (χ2n) is 6.23. The van der Waals surface area contributed by atoms with E-state index >= 15 is 0 Å². The monoisotopic (exact) mass is 438 g/mol. The number of hydrogen-bond donors (Lipinski definition) is 2. The van der Waals surface area contributed by atoms with E-state index < -0.39 is 11.9 Å². The fourth-order valence-corrected chi connectivity index (χ4v) is 3.03. The molecule has 0 aliphatic heterocycles. The fourth-order valence-electron chi connectivity index (χ4n) is 2.49. The van der Waals surface area contributed by atoms with E-state index in [4.69, 9.17) is 27.9 Å². The first-order valence-electron chi connectivity index (χ1n) is 8.49. The van der Waals surface area contributed by atoms with Crippen LogP contribution in [0.2, 0.25) is 10.0 Å². The van der Waals surface area contributed by atoms with Gasteiger partial charge >= 0.3 is 5.97 Å². The molecule has 8 nitrogen and oxygen atoms in total. The Labute approximate surface area is 178 Å². The summed E-state index contributed by atoms with van der Waals surface area (Å²) in [6, 6.07) is 8.02. The molecule has 2 amide bonds. The van der Waals surface area contributed by atoms with Crippen molar-refractivity contribution in [2.75, 3.05) is 37.9 Å². The number of nitrogens with zero attached hydrogens (tertiary/aromatic N) is 2. The number of methoxy groups -OCH3 is 1. The zero-order chi connectivity index (χ0) is 21.6. The Kier molecular flexibility index (Phi) is 7.95. The van der Waals surface area contributed by atoms with Gasteiger partial charge in [-0.1, -0.05) is 29.3 Å². The van der Waals surface area contributed by atoms with Crippen LogP contribution in [-0.4, -0.2) is 54.9 Å². The summed E-state index contributed by atoms with van der Waals surface area (Å²) in [4.78, 5) is 42.1. The van der Waals surface area contributed by atoms with Gasteiger partial charge in [0, 0.05) is 10.7 Å². The summed E-state index contributed by atoms with van der Waals surface area (Å²) in [6.07, 6.45) is 0. The lowest BCUT2D eigenvalue weighted by atomic mass is 10.1. The zero-order valence-corrected chi connectivity index (χ0v) is 17.6. The summed E-state index contributed by atoms with van der Waals surface area (Å²) in [5.41, 5.74) is 0.899. The summed E-state index contributed by atoms with van der Waals surface area (Å²) in [5.74, 6) is -1.05. The fraction of sp³-hybridized carbons (Fsp3) is 0.263. The predicted octanol–water partition coefficient (Wildman–Crippen LogP) is 2.99. The van der Waals surface area contributed by atoms with Gasteiger partial charge in [0.2, 0.25) is 11.8 Å². The Morgan fingerprint density at radius 3 is 2.38 bits per heavy atom. The lowest BCUT2D eigenvalue weighted by molar-refractivity contribution is -0.119. The summed E-state index contributed by atoms with van der Waals surface area (Å²) >= 11 is 12.0. The highest BCUT2D eigenvalue weighted by molar-refractivity contribution is 6.37. The number of carbonyl (C=O) groups excluding carboxylic acids is 3. The van der Waals surface area contributed by atoms with Crippen LogP contribution in [0, 0.1) is 6.92 Å². The minimum Gasteiger partial charge on any atom is -0.465 e. The van der Waals surface area contributed by atoms with Crippen LogP contribution in [0.5, 0.6) is 0 Å². The van der Waals surface area contributed by atoms with Crippen LogP contribution >= 0.6 is 23.2 Å². The molecule has 0 unspecified atom stereocenters. The van der Waals surface area contributed by atoms with Gasteiger partial charge in [-0.3, -0.25) is 14.5 Å². The average Bonchev–Trinajstić information content (AvgIpc) is 2.62. The van der Waals surface area contributed by atoms with Crippen LogP contribution < -0.4 is 10.6 Å². The highest BCUT2D eigenvalue weighted by Crippen LogP contribution is 2.30. The van der Waals surface area contributed by atoms with Crippen molar-refractivity contribution in [3.63, 3.8) is 0 Å². The normalized spacial score (nSPS) is 10.6. The van der Waals surface area contributed by atoms with E-state index in [0.29, 0.717) is 5.82 Å². The molecule has 10 heteroatoms. The zero-order valence-electron chi connectivity index (χ0n) is 16.1. The molecule has 2 aromatic rings. The first kappa shape index (κ1) is 22.6. The van der Waals surface area contributed by atoms with Crippen molar-refractivity contribution in [2.45, 2.75) is 6.92 Å². The number of amides is 2. The molecule has 1 aromatic heterocycles. The van der Waals surface area contributed by atoms with Crippen molar-refractivity contribution in [3.05, 3.63) is 51.6 Å². The third-order valence-electron chi connectivity index (χ3n) is 3.71. The molecule has 0 fully saturated rings. The Hall–Kier alpha value is -2.68. The molecule has 154 valence electrons. The van der Waals surface area contributed by atoms with Crippen molar-refractivity contribution in [3.8, 4) is 0 Å². The highest BCUT2D eigenvalue weighted by atomic mass is 35.5. The maximum atomic E-state index is 12.4. The van der Waals surface area contributed by atoms with Crippen molar-refractivity contribution in [2.24, 2.45) is 0 Å². The van der Waals surface area contributed by atoms with E-state index in [0.717, 1.165) is 5.69 Å². The van der Waals surface area contributed by atoms with Gasteiger partial charge in [0.05, 0.1) is 36.5 Å². The van der Waals surface area contributed by atoms with E-state index in [-0.39, 0.29) is 40.3 Å². The number of ether oxygens (including phenoxy) is 1. The summed E-state index contributed by atoms with van der Waals surface area (Å²) in [5, 5.41) is 5.55. The molecule has 0 aliphatic carbocycles. The molecule has 0 atom stereocenters. The maximum absolute atomic E-state index is 12.4. The summed E-state index contributed by atoms with van der Waals surface area (Å²) < 4.78 is 4.69. The number of anilines is 2. The van der Waals surface area contributed by atoms with Crippen LogP contribution in [-0.2, 0) is 14.3 Å². The van der Waals surface area contributed by atoms with E-state index in [1.165, 1.54) is 24.1 Å². The molecule has 0 spiro atoms. The van der Waals surface area contributed by atoms with Gasteiger partial charge in [-0.25, -0.2) is 9.78 Å². The first-order valence-corrected chi connectivity index (χ1v) is 9.24. The largest absolute Gasteiger partial charge is 0.465 e. The van der Waals surface area contributed by atoms with Crippen molar-refractivity contribution in [1.29, 1.82) is 0 Å². The van der Waals surface area contributed by atoms with Crippen molar-refractivity contribution >= 4 is 52.5 Å². The Balaban J connectivity index is 1.98. The number of esters is 1. The number of benzene rings is 1. The Bertz CT molecular complexity index is 936. The number of rotatable bonds is 7. The van der Waals surface area contributed by atoms with E-state index in [1.807, 2.05) is 13.0 Å². The number of nitrogens with one attached hydrogen (secondary N) is 2. The molecule has 0 radical (unpaired) electrons. The molecule has 0 saturated heterocycles. The number of aromatic nitrogens is 1. The highest BCUT2D eigenvalue weighted by Gasteiger charge is 2.19. The summed E-state index contributed by atoms with van der Waals surface area (Å²) in [6.45, 7) is 1.66. The van der Waals surface area contributed by atoms with E-state index in [2.05, 4.69) is 15.6 Å². The lowest BCUT2D eigenvalue weighted by Gasteiger charge is -2.17. The topological polar surface area (TPSA) is 101 Å². The number of hydrogen-bond acceptors (Lipinski definition) is 6. The van der Waals surface area contributed by atoms with Crippen LogP contribution in [0.15, 0.2) is 30.3 Å². The van der Waals surface area contributed by atoms with Crippen molar-refractivity contribution < 1.29 is 19.1 Å². The number of aryl methyl sites for hydroxylation is 1. The molecule has 1 heterocycles. The maximum Gasteiger partial charge on any atom is 0.340 e. The molecule has 1 aromatic carbocycles. The van der Waals surface area contributed by atoms with Gasteiger partial charge in [0.25, 0.3) is 0 Å². The van der Waals surface area contributed by atoms with Crippen LogP contribution in [0.4, 0.5) is 11.5 Å². The molecular weight excluding hydrogens is 419 g/mol. The third kappa shape index (κ3) is 6.70. The number of likely N-dealkylation sites (N-methyl/N-ethyl adjacent to an activating group) is 1. The second kappa shape index (κ2) is 10.2. The van der Waals surface area contributed by atoms with Gasteiger partial charge in [-0.2, -0.15) is 0 Å². The Morgan fingerprint density at radius 2 is 1.76 bits per heavy atom. The minimum atomic E-state index is -0.692. The standard InChI is InChI=1S/C19H20Cl2N4O4/c1-11-5-4-6-15(22-11)23-16(26)9-25(2)10-17(27)24-18-13(19(28)29-3)7-12(20)8-14(18)21/h4-8H,9-10H2,1-3H3,(H,24,27)(H,22,23,26). The van der Waals surface area contributed by atoms with Crippen molar-refractivity contribution in [1.82, 2.24) is 9.88 Å². The van der Waals surface area contributed by atoms with E-state index in [1.54, 1.807) is 19.2 Å². The quantitative estimate of drug-likeness (QED) is 0.644. The molecule has 29 heavy (non-hydrogen) atoms. The second-order valence-corrected chi connectivity index (χ2v) is 7.08. The van der Waals surface area contributed by atoms with Gasteiger partial charge in [-0.15, -0.1) is 0 Å². The van der Waals surface area contributed by atoms with Crippen LogP contribution in [0.3, 0.4) is 0 Å². The summed E-state index contributed by atoms with van der Waals surface area (Å²) in [7, 11) is 2.81. The lowest BCUT2D eigenvalue weighted by Crippen LogP contribution is -2.36. The number of carbonyl (C=O) groups is 3. The van der Waals surface area contributed by atoms with E-state index in [9.17, 15) is 14.4 Å². The molecule has 2 rings (SSSR count). The average molecular weight is 439 g/mol. The van der Waals surface area contributed by atoms with Gasteiger partial charge < -0.3 is 15.4 Å².